The van der Waals surface area contributed by atoms with Crippen molar-refractivity contribution in [2.24, 2.45) is 0 Å². The lowest BCUT2D eigenvalue weighted by atomic mass is 10.1. The third-order valence-electron chi connectivity index (χ3n) is 5.96. The van der Waals surface area contributed by atoms with Crippen LogP contribution in [0.2, 0.25) is 10.0 Å². The van der Waals surface area contributed by atoms with Gasteiger partial charge in [-0.05, 0) is 69.2 Å². The summed E-state index contributed by atoms with van der Waals surface area (Å²) in [4.78, 5) is 28.6. The van der Waals surface area contributed by atoms with Crippen molar-refractivity contribution in [2.75, 3.05) is 10.8 Å². The molecule has 2 amide bonds. The second kappa shape index (κ2) is 13.0. The minimum atomic E-state index is -4.29. The largest absolute Gasteiger partial charge is 0.350 e. The summed E-state index contributed by atoms with van der Waals surface area (Å²) >= 11 is 12.7. The van der Waals surface area contributed by atoms with Gasteiger partial charge >= 0.3 is 0 Å². The summed E-state index contributed by atoms with van der Waals surface area (Å²) < 4.78 is 42.2. The van der Waals surface area contributed by atoms with Crippen LogP contribution in [0.25, 0.3) is 0 Å². The molecule has 3 aromatic rings. The molecule has 0 bridgehead atoms. The lowest BCUT2D eigenvalue weighted by Crippen LogP contribution is -2.55. The fourth-order valence-electron chi connectivity index (χ4n) is 4.08. The maximum absolute atomic E-state index is 14.0. The molecule has 0 saturated carbocycles. The Morgan fingerprint density at radius 1 is 0.950 bits per heavy atom. The zero-order valence-electron chi connectivity index (χ0n) is 22.7. The van der Waals surface area contributed by atoms with Crippen LogP contribution in [0.4, 0.5) is 10.1 Å². The summed E-state index contributed by atoms with van der Waals surface area (Å²) in [6, 6.07) is 16.7. The van der Waals surface area contributed by atoms with Crippen LogP contribution in [0, 0.1) is 5.82 Å². The van der Waals surface area contributed by atoms with Crippen molar-refractivity contribution < 1.29 is 22.4 Å². The van der Waals surface area contributed by atoms with Gasteiger partial charge < -0.3 is 10.2 Å². The van der Waals surface area contributed by atoms with E-state index < -0.39 is 45.8 Å². The van der Waals surface area contributed by atoms with Gasteiger partial charge in [0.05, 0.1) is 20.6 Å². The molecule has 0 radical (unpaired) electrons. The normalized spacial score (nSPS) is 12.5. The number of benzene rings is 3. The molecule has 0 aromatic heterocycles. The molecule has 0 fully saturated rings. The molecule has 0 aliphatic heterocycles. The zero-order chi connectivity index (χ0) is 29.7. The molecule has 214 valence electrons. The van der Waals surface area contributed by atoms with Crippen LogP contribution < -0.4 is 9.62 Å². The lowest BCUT2D eigenvalue weighted by Gasteiger charge is -2.35. The van der Waals surface area contributed by atoms with Gasteiger partial charge in [0.2, 0.25) is 11.8 Å². The summed E-state index contributed by atoms with van der Waals surface area (Å²) in [6.45, 7) is 6.48. The molecule has 0 saturated heterocycles. The zero-order valence-corrected chi connectivity index (χ0v) is 25.0. The van der Waals surface area contributed by atoms with Crippen molar-refractivity contribution in [1.82, 2.24) is 10.2 Å². The molecule has 0 aliphatic carbocycles. The Morgan fingerprint density at radius 3 is 2.15 bits per heavy atom. The minimum absolute atomic E-state index is 0.0142. The molecule has 0 heterocycles. The number of rotatable bonds is 10. The van der Waals surface area contributed by atoms with Crippen molar-refractivity contribution in [3.05, 3.63) is 94.2 Å². The topological polar surface area (TPSA) is 86.8 Å². The van der Waals surface area contributed by atoms with Crippen LogP contribution in [-0.2, 0) is 26.2 Å². The van der Waals surface area contributed by atoms with Crippen LogP contribution in [-0.4, -0.2) is 43.3 Å². The molecule has 40 heavy (non-hydrogen) atoms. The molecule has 3 aromatic carbocycles. The van der Waals surface area contributed by atoms with E-state index in [4.69, 9.17) is 23.2 Å². The monoisotopic (exact) mass is 607 g/mol. The number of hydrogen-bond donors (Lipinski definition) is 1. The molecule has 0 aliphatic rings. The van der Waals surface area contributed by atoms with Crippen LogP contribution >= 0.6 is 23.2 Å². The maximum Gasteiger partial charge on any atom is 0.264 e. The number of halogens is 3. The first-order valence-corrected chi connectivity index (χ1v) is 14.8. The number of nitrogens with one attached hydrogen (secondary N) is 1. The highest BCUT2D eigenvalue weighted by molar-refractivity contribution is 7.92. The van der Waals surface area contributed by atoms with Gasteiger partial charge in [-0.25, -0.2) is 12.8 Å². The first-order valence-electron chi connectivity index (χ1n) is 12.6. The van der Waals surface area contributed by atoms with Gasteiger partial charge in [0.25, 0.3) is 10.0 Å². The smallest absolute Gasteiger partial charge is 0.264 e. The van der Waals surface area contributed by atoms with Crippen molar-refractivity contribution >= 4 is 50.7 Å². The number of amides is 2. The van der Waals surface area contributed by atoms with E-state index >= 15 is 0 Å². The standard InChI is InChI=1S/C29H32Cl2FN3O4S/c1-5-24(28(37)33-29(2,3)4)34(18-20-14-16-21(32)17-15-20)26(36)19-35(25-13-9-12-23(30)27(25)31)40(38,39)22-10-7-6-8-11-22/h6-17,24H,5,18-19H2,1-4H3,(H,33,37)/t24-/m0/s1. The van der Waals surface area contributed by atoms with Gasteiger partial charge in [-0.3, -0.25) is 13.9 Å². The molecule has 1 N–H and O–H groups in total. The second-order valence-electron chi connectivity index (χ2n) is 10.2. The van der Waals surface area contributed by atoms with Gasteiger partial charge in [-0.1, -0.05) is 66.5 Å². The summed E-state index contributed by atoms with van der Waals surface area (Å²) in [7, 11) is -4.29. The predicted octanol–water partition coefficient (Wildman–Crippen LogP) is 6.05. The average molecular weight is 609 g/mol. The van der Waals surface area contributed by atoms with Gasteiger partial charge in [-0.15, -0.1) is 0 Å². The summed E-state index contributed by atoms with van der Waals surface area (Å²) in [5.41, 5.74) is 0.00170. The van der Waals surface area contributed by atoms with Crippen LogP contribution in [0.15, 0.2) is 77.7 Å². The van der Waals surface area contributed by atoms with Gasteiger partial charge in [0.15, 0.2) is 0 Å². The minimum Gasteiger partial charge on any atom is -0.350 e. The van der Waals surface area contributed by atoms with Crippen molar-refractivity contribution in [3.63, 3.8) is 0 Å². The first kappa shape index (κ1) is 31.4. The van der Waals surface area contributed by atoms with E-state index in [1.54, 1.807) is 25.1 Å². The third-order valence-corrected chi connectivity index (χ3v) is 8.54. The number of carbonyl (C=O) groups is 2. The molecule has 3 rings (SSSR count). The Labute approximate surface area is 244 Å². The highest BCUT2D eigenvalue weighted by atomic mass is 35.5. The average Bonchev–Trinajstić information content (AvgIpc) is 2.89. The van der Waals surface area contributed by atoms with Crippen molar-refractivity contribution in [3.8, 4) is 0 Å². The summed E-state index contributed by atoms with van der Waals surface area (Å²) in [6.07, 6.45) is 0.248. The highest BCUT2D eigenvalue weighted by Crippen LogP contribution is 2.35. The second-order valence-corrected chi connectivity index (χ2v) is 12.9. The predicted molar refractivity (Wildman–Crippen MR) is 156 cm³/mol. The Kier molecular flexibility index (Phi) is 10.2. The molecule has 0 spiro atoms. The van der Waals surface area contributed by atoms with Crippen molar-refractivity contribution in [2.45, 2.75) is 57.1 Å². The quantitative estimate of drug-likeness (QED) is 0.304. The fraction of sp³-hybridized carbons (Fsp3) is 0.310. The van der Waals surface area contributed by atoms with E-state index in [9.17, 15) is 22.4 Å². The SMILES string of the molecule is CC[C@@H](C(=O)NC(C)(C)C)N(Cc1ccc(F)cc1)C(=O)CN(c1cccc(Cl)c1Cl)S(=O)(=O)c1ccccc1. The number of carbonyl (C=O) groups excluding carboxylic acids is 2. The maximum atomic E-state index is 14.0. The van der Waals surface area contributed by atoms with E-state index in [1.165, 1.54) is 59.5 Å². The molecule has 1 atom stereocenters. The van der Waals surface area contributed by atoms with Crippen molar-refractivity contribution in [1.29, 1.82) is 0 Å². The summed E-state index contributed by atoms with van der Waals surface area (Å²) in [5, 5.41) is 2.96. The Morgan fingerprint density at radius 2 is 1.57 bits per heavy atom. The fourth-order valence-corrected chi connectivity index (χ4v) is 5.97. The third kappa shape index (κ3) is 7.74. The number of anilines is 1. The van der Waals surface area contributed by atoms with Gasteiger partial charge in [0, 0.05) is 12.1 Å². The van der Waals surface area contributed by atoms with Gasteiger partial charge in [0.1, 0.15) is 18.4 Å². The van der Waals surface area contributed by atoms with Gasteiger partial charge in [-0.2, -0.15) is 0 Å². The number of sulfonamides is 1. The lowest BCUT2D eigenvalue weighted by molar-refractivity contribution is -0.141. The van der Waals surface area contributed by atoms with E-state index in [-0.39, 0.29) is 33.6 Å². The van der Waals surface area contributed by atoms with Crippen LogP contribution in [0.3, 0.4) is 0 Å². The molecule has 0 unspecified atom stereocenters. The van der Waals surface area contributed by atoms with E-state index in [0.29, 0.717) is 5.56 Å². The summed E-state index contributed by atoms with van der Waals surface area (Å²) in [5.74, 6) is -1.51. The molecule has 7 nitrogen and oxygen atoms in total. The molecular weight excluding hydrogens is 576 g/mol. The van der Waals surface area contributed by atoms with E-state index in [0.717, 1.165) is 4.31 Å². The Balaban J connectivity index is 2.10. The first-order chi connectivity index (χ1) is 18.7. The van der Waals surface area contributed by atoms with Crippen LogP contribution in [0.1, 0.15) is 39.7 Å². The molecule has 11 heteroatoms. The number of hydrogen-bond acceptors (Lipinski definition) is 4. The molecular formula is C29H32Cl2FN3O4S. The Hall–Kier alpha value is -3.14. The van der Waals surface area contributed by atoms with Crippen LogP contribution in [0.5, 0.6) is 0 Å². The van der Waals surface area contributed by atoms with E-state index in [2.05, 4.69) is 5.32 Å². The Bertz CT molecular complexity index is 1450. The highest BCUT2D eigenvalue weighted by Gasteiger charge is 2.35. The number of nitrogens with zero attached hydrogens (tertiary/aromatic N) is 2. The van der Waals surface area contributed by atoms with E-state index in [1.807, 2.05) is 20.8 Å².